The summed E-state index contributed by atoms with van der Waals surface area (Å²) in [7, 11) is 1.20. The van der Waals surface area contributed by atoms with Crippen molar-refractivity contribution in [2.75, 3.05) is 32.8 Å². The molecule has 1 aliphatic heterocycles. The fraction of sp³-hybridized carbons (Fsp3) is 0.432. The summed E-state index contributed by atoms with van der Waals surface area (Å²) in [5.74, 6) is 0.404. The SMILES string of the molecule is COc1ccc(C(OC[C@H]2O[C@@H](n3cnc4c(=O)[nH]c(NC(=O)C(C)C)nc43)[C@@H](OP(OCCC#N)N(C(C)C)C(C)C)C2F)(c2ccccc2)c2ccc(OC)cc2)cc1. The Morgan fingerprint density at radius 2 is 1.56 bits per heavy atom. The van der Waals surface area contributed by atoms with E-state index in [9.17, 15) is 14.9 Å². The number of halogens is 1. The lowest BCUT2D eigenvalue weighted by Gasteiger charge is -2.38. The quantitative estimate of drug-likeness (QED) is 0.0473. The summed E-state index contributed by atoms with van der Waals surface area (Å²) in [4.78, 5) is 37.4. The van der Waals surface area contributed by atoms with Crippen LogP contribution in [0.2, 0.25) is 0 Å². The number of imidazole rings is 1. The van der Waals surface area contributed by atoms with Crippen LogP contribution < -0.4 is 20.3 Å². The summed E-state index contributed by atoms with van der Waals surface area (Å²) < 4.78 is 58.7. The fourth-order valence-corrected chi connectivity index (χ4v) is 9.01. The zero-order chi connectivity index (χ0) is 43.8. The normalized spacial score (nSPS) is 18.6. The number of fused-ring (bicyclic) bond motifs is 1. The molecular formula is C44H53FN7O8P. The van der Waals surface area contributed by atoms with Gasteiger partial charge >= 0.3 is 0 Å². The molecule has 3 heterocycles. The van der Waals surface area contributed by atoms with Gasteiger partial charge in [-0.05, 0) is 68.7 Å². The first-order chi connectivity index (χ1) is 29.3. The van der Waals surface area contributed by atoms with Crippen molar-refractivity contribution in [1.29, 1.82) is 5.26 Å². The summed E-state index contributed by atoms with van der Waals surface area (Å²) in [5, 5.41) is 12.0. The molecule has 0 saturated carbocycles. The molecule has 15 nitrogen and oxygen atoms in total. The zero-order valence-electron chi connectivity index (χ0n) is 35.6. The molecule has 3 aromatic carbocycles. The minimum atomic E-state index is -1.98. The van der Waals surface area contributed by atoms with Crippen molar-refractivity contribution in [3.05, 3.63) is 112 Å². The highest BCUT2D eigenvalue weighted by Crippen LogP contribution is 2.52. The first-order valence-electron chi connectivity index (χ1n) is 20.1. The van der Waals surface area contributed by atoms with Crippen LogP contribution in [-0.2, 0) is 28.9 Å². The number of methoxy groups -OCH3 is 2. The molecule has 1 fully saturated rings. The number of nitriles is 1. The number of rotatable bonds is 19. The van der Waals surface area contributed by atoms with Crippen LogP contribution in [0, 0.1) is 17.2 Å². The van der Waals surface area contributed by atoms with Gasteiger partial charge in [-0.15, -0.1) is 0 Å². The topological polar surface area (TPSA) is 175 Å². The van der Waals surface area contributed by atoms with Crippen LogP contribution in [0.3, 0.4) is 0 Å². The molecule has 61 heavy (non-hydrogen) atoms. The Hall–Kier alpha value is -5.27. The Labute approximate surface area is 356 Å². The number of benzene rings is 3. The predicted octanol–water partition coefficient (Wildman–Crippen LogP) is 7.64. The number of anilines is 1. The van der Waals surface area contributed by atoms with E-state index in [0.717, 1.165) is 16.7 Å². The predicted molar refractivity (Wildman–Crippen MR) is 229 cm³/mol. The molecule has 1 aliphatic rings. The molecule has 324 valence electrons. The number of H-pyrrole nitrogens is 1. The molecule has 0 spiro atoms. The van der Waals surface area contributed by atoms with Crippen molar-refractivity contribution < 1.29 is 37.2 Å². The number of aromatic nitrogens is 4. The van der Waals surface area contributed by atoms with Crippen LogP contribution in [0.4, 0.5) is 10.3 Å². The maximum atomic E-state index is 17.7. The molecular weight excluding hydrogens is 804 g/mol. The van der Waals surface area contributed by atoms with E-state index in [-0.39, 0.29) is 54.7 Å². The average Bonchev–Trinajstić information content (AvgIpc) is 3.81. The van der Waals surface area contributed by atoms with Gasteiger partial charge in [0.1, 0.15) is 29.3 Å². The van der Waals surface area contributed by atoms with Gasteiger partial charge in [-0.3, -0.25) is 24.5 Å². The first-order valence-corrected chi connectivity index (χ1v) is 21.3. The van der Waals surface area contributed by atoms with E-state index in [4.69, 9.17) is 28.0 Å². The maximum Gasteiger partial charge on any atom is 0.280 e. The van der Waals surface area contributed by atoms with Gasteiger partial charge in [0.15, 0.2) is 23.6 Å². The highest BCUT2D eigenvalue weighted by Gasteiger charge is 2.51. The van der Waals surface area contributed by atoms with Gasteiger partial charge in [0.25, 0.3) is 14.1 Å². The van der Waals surface area contributed by atoms with Crippen molar-refractivity contribution in [2.24, 2.45) is 5.92 Å². The lowest BCUT2D eigenvalue weighted by Crippen LogP contribution is -2.39. The molecule has 6 rings (SSSR count). The molecule has 2 aromatic heterocycles. The number of nitrogens with one attached hydrogen (secondary N) is 2. The number of hydrogen-bond acceptors (Lipinski definition) is 12. The fourth-order valence-electron chi connectivity index (χ4n) is 7.28. The number of carbonyl (C=O) groups excluding carboxylic acids is 1. The Kier molecular flexibility index (Phi) is 14.9. The molecule has 0 radical (unpaired) electrons. The smallest absolute Gasteiger partial charge is 0.280 e. The molecule has 1 saturated heterocycles. The van der Waals surface area contributed by atoms with Crippen molar-refractivity contribution >= 4 is 31.5 Å². The van der Waals surface area contributed by atoms with Crippen LogP contribution in [0.1, 0.15) is 70.9 Å². The van der Waals surface area contributed by atoms with E-state index in [0.29, 0.717) is 11.5 Å². The third kappa shape index (κ3) is 9.78. The van der Waals surface area contributed by atoms with Gasteiger partial charge in [0.2, 0.25) is 11.9 Å². The molecule has 2 unspecified atom stereocenters. The monoisotopic (exact) mass is 857 g/mol. The molecule has 5 aromatic rings. The van der Waals surface area contributed by atoms with E-state index in [1.807, 2.05) is 111 Å². The Morgan fingerprint density at radius 3 is 2.10 bits per heavy atom. The summed E-state index contributed by atoms with van der Waals surface area (Å²) >= 11 is 0. The Morgan fingerprint density at radius 1 is 0.967 bits per heavy atom. The zero-order valence-corrected chi connectivity index (χ0v) is 36.5. The van der Waals surface area contributed by atoms with E-state index in [1.165, 1.54) is 10.9 Å². The largest absolute Gasteiger partial charge is 0.497 e. The lowest BCUT2D eigenvalue weighted by atomic mass is 9.80. The summed E-state index contributed by atoms with van der Waals surface area (Å²) in [5.41, 5.74) is 0.306. The molecule has 5 atom stereocenters. The van der Waals surface area contributed by atoms with Crippen molar-refractivity contribution in [3.8, 4) is 17.6 Å². The second kappa shape index (κ2) is 20.1. The number of carbonyl (C=O) groups is 1. The van der Waals surface area contributed by atoms with Gasteiger partial charge in [0.05, 0.1) is 46.3 Å². The number of ether oxygens (including phenoxy) is 4. The standard InChI is InChI=1S/C44H53FN7O8P/c1-27(2)40(53)49-43-48-39-37(41(54)50-43)47-26-51(39)42-38(60-61(58-24-12-23-46)52(28(3)4)29(5)6)36(45)35(59-42)25-57-44(30-13-10-9-11-14-30,31-15-19-33(55-7)20-16-31)32-17-21-34(56-8)22-18-32/h9-11,13-22,26-29,35-36,38,42H,12,24-25H2,1-8H3,(H2,48,49,50,53,54)/t35-,36?,38+,42-,61?/m1/s1. The Balaban J connectivity index is 1.46. The Bertz CT molecular complexity index is 2260. The highest BCUT2D eigenvalue weighted by molar-refractivity contribution is 7.44. The summed E-state index contributed by atoms with van der Waals surface area (Å²) in [6.45, 7) is 11.1. The lowest BCUT2D eigenvalue weighted by molar-refractivity contribution is -0.118. The van der Waals surface area contributed by atoms with Crippen LogP contribution in [-0.4, -0.2) is 88.0 Å². The van der Waals surface area contributed by atoms with E-state index < -0.39 is 50.2 Å². The number of amides is 1. The second-order valence-electron chi connectivity index (χ2n) is 15.3. The van der Waals surface area contributed by atoms with Gasteiger partial charge in [0, 0.05) is 18.0 Å². The molecule has 0 bridgehead atoms. The van der Waals surface area contributed by atoms with Crippen molar-refractivity contribution in [3.63, 3.8) is 0 Å². The maximum absolute atomic E-state index is 17.7. The van der Waals surface area contributed by atoms with Crippen LogP contribution >= 0.6 is 8.53 Å². The van der Waals surface area contributed by atoms with Crippen LogP contribution in [0.15, 0.2) is 90.0 Å². The minimum absolute atomic E-state index is 0.0320. The highest BCUT2D eigenvalue weighted by atomic mass is 31.2. The van der Waals surface area contributed by atoms with Crippen molar-refractivity contribution in [1.82, 2.24) is 24.2 Å². The van der Waals surface area contributed by atoms with E-state index >= 15 is 4.39 Å². The minimum Gasteiger partial charge on any atom is -0.497 e. The molecule has 1 amide bonds. The van der Waals surface area contributed by atoms with E-state index in [1.54, 1.807) is 28.1 Å². The molecule has 2 N–H and O–H groups in total. The number of aromatic amines is 1. The second-order valence-corrected chi connectivity index (χ2v) is 16.7. The number of alkyl halides is 1. The molecule has 0 aliphatic carbocycles. The van der Waals surface area contributed by atoms with Gasteiger partial charge in [-0.2, -0.15) is 10.2 Å². The number of nitrogens with zero attached hydrogens (tertiary/aromatic N) is 5. The molecule has 17 heteroatoms. The first kappa shape index (κ1) is 45.3. The van der Waals surface area contributed by atoms with Crippen molar-refractivity contribution in [2.45, 2.75) is 90.3 Å². The van der Waals surface area contributed by atoms with Gasteiger partial charge < -0.3 is 28.0 Å². The van der Waals surface area contributed by atoms with Crippen LogP contribution in [0.25, 0.3) is 11.2 Å². The van der Waals surface area contributed by atoms with E-state index in [2.05, 4.69) is 26.3 Å². The third-order valence-corrected chi connectivity index (χ3v) is 12.4. The summed E-state index contributed by atoms with van der Waals surface area (Å²) in [6.07, 6.45) is -4.28. The third-order valence-electron chi connectivity index (χ3n) is 10.2. The summed E-state index contributed by atoms with van der Waals surface area (Å²) in [6, 6.07) is 26.5. The van der Waals surface area contributed by atoms with Crippen LogP contribution in [0.5, 0.6) is 11.5 Å². The number of hydrogen-bond donors (Lipinski definition) is 2. The van der Waals surface area contributed by atoms with Gasteiger partial charge in [-0.25, -0.2) is 14.0 Å². The van der Waals surface area contributed by atoms with Gasteiger partial charge in [-0.1, -0.05) is 68.4 Å². The average molecular weight is 858 g/mol.